The van der Waals surface area contributed by atoms with Crippen LogP contribution in [-0.4, -0.2) is 20.7 Å². The highest BCUT2D eigenvalue weighted by molar-refractivity contribution is 9.10. The second kappa shape index (κ2) is 7.15. The smallest absolute Gasteiger partial charge is 0.253 e. The van der Waals surface area contributed by atoms with Gasteiger partial charge in [-0.15, -0.1) is 0 Å². The summed E-state index contributed by atoms with van der Waals surface area (Å²) in [6.45, 7) is 0.320. The topological polar surface area (TPSA) is 59.8 Å². The number of halogens is 2. The molecule has 2 heterocycles. The molecular weight excluding hydrogens is 392 g/mol. The van der Waals surface area contributed by atoms with E-state index in [-0.39, 0.29) is 5.91 Å². The van der Waals surface area contributed by atoms with Crippen LogP contribution in [0.25, 0.3) is 11.3 Å². The number of aryl methyl sites for hydroxylation is 1. The van der Waals surface area contributed by atoms with E-state index in [1.807, 2.05) is 25.2 Å². The van der Waals surface area contributed by atoms with Gasteiger partial charge in [-0.25, -0.2) is 0 Å². The zero-order chi connectivity index (χ0) is 17.1. The minimum Gasteiger partial charge on any atom is -0.346 e. The first-order valence-corrected chi connectivity index (χ1v) is 8.38. The summed E-state index contributed by atoms with van der Waals surface area (Å²) in [6.07, 6.45) is 3.47. The number of carbonyl (C=O) groups is 1. The van der Waals surface area contributed by atoms with E-state index < -0.39 is 0 Å². The number of carbonyl (C=O) groups excluding carboxylic acids is 1. The first-order valence-electron chi connectivity index (χ1n) is 7.21. The highest BCUT2D eigenvalue weighted by Gasteiger charge is 2.12. The third kappa shape index (κ3) is 3.66. The predicted octanol–water partition coefficient (Wildman–Crippen LogP) is 3.83. The maximum atomic E-state index is 12.3. The maximum Gasteiger partial charge on any atom is 0.253 e. The van der Waals surface area contributed by atoms with Gasteiger partial charge in [0, 0.05) is 29.5 Å². The van der Waals surface area contributed by atoms with Crippen molar-refractivity contribution >= 4 is 33.4 Å². The van der Waals surface area contributed by atoms with Crippen LogP contribution in [0.4, 0.5) is 0 Å². The number of rotatable bonds is 4. The molecule has 5 nitrogen and oxygen atoms in total. The Kier molecular flexibility index (Phi) is 4.97. The van der Waals surface area contributed by atoms with Crippen LogP contribution in [0.15, 0.2) is 53.3 Å². The number of nitrogens with zero attached hydrogens (tertiary/aromatic N) is 3. The molecule has 0 fully saturated rings. The van der Waals surface area contributed by atoms with E-state index in [2.05, 4.69) is 31.3 Å². The van der Waals surface area contributed by atoms with Crippen molar-refractivity contribution in [2.45, 2.75) is 6.54 Å². The first-order chi connectivity index (χ1) is 11.5. The Hall–Kier alpha value is -2.18. The van der Waals surface area contributed by atoms with Crippen LogP contribution in [0.1, 0.15) is 16.1 Å². The Morgan fingerprint density at radius 1 is 1.25 bits per heavy atom. The second-order valence-electron chi connectivity index (χ2n) is 5.19. The molecule has 122 valence electrons. The SMILES string of the molecule is Cn1nc(CNC(=O)c2cc(Br)ccc2Cl)cc1-c1ccncc1. The van der Waals surface area contributed by atoms with Crippen molar-refractivity contribution in [3.05, 3.63) is 69.5 Å². The van der Waals surface area contributed by atoms with Gasteiger partial charge < -0.3 is 5.32 Å². The van der Waals surface area contributed by atoms with Gasteiger partial charge in [0.25, 0.3) is 5.91 Å². The summed E-state index contributed by atoms with van der Waals surface area (Å²) in [5.41, 5.74) is 3.18. The minimum atomic E-state index is -0.239. The van der Waals surface area contributed by atoms with Crippen LogP contribution in [0.5, 0.6) is 0 Å². The lowest BCUT2D eigenvalue weighted by atomic mass is 10.2. The third-order valence-electron chi connectivity index (χ3n) is 3.51. The normalized spacial score (nSPS) is 10.6. The summed E-state index contributed by atoms with van der Waals surface area (Å²) < 4.78 is 2.58. The van der Waals surface area contributed by atoms with Crippen molar-refractivity contribution in [1.82, 2.24) is 20.1 Å². The summed E-state index contributed by atoms with van der Waals surface area (Å²) in [7, 11) is 1.87. The van der Waals surface area contributed by atoms with Crippen molar-refractivity contribution in [2.75, 3.05) is 0 Å². The van der Waals surface area contributed by atoms with E-state index in [0.717, 1.165) is 21.4 Å². The van der Waals surface area contributed by atoms with Gasteiger partial charge in [0.15, 0.2) is 0 Å². The molecule has 3 aromatic rings. The van der Waals surface area contributed by atoms with Crippen LogP contribution in [-0.2, 0) is 13.6 Å². The Bertz CT molecular complexity index is 880. The van der Waals surface area contributed by atoms with Crippen molar-refractivity contribution in [3.8, 4) is 11.3 Å². The lowest BCUT2D eigenvalue weighted by molar-refractivity contribution is 0.0950. The number of pyridine rings is 1. The number of hydrogen-bond acceptors (Lipinski definition) is 3. The molecule has 0 radical (unpaired) electrons. The van der Waals surface area contributed by atoms with Gasteiger partial charge in [-0.3, -0.25) is 14.5 Å². The first kappa shape index (κ1) is 16.7. The molecule has 0 aliphatic rings. The summed E-state index contributed by atoms with van der Waals surface area (Å²) in [5, 5.41) is 7.69. The van der Waals surface area contributed by atoms with Crippen LogP contribution in [0.3, 0.4) is 0 Å². The molecule has 0 unspecified atom stereocenters. The summed E-state index contributed by atoms with van der Waals surface area (Å²) >= 11 is 9.41. The van der Waals surface area contributed by atoms with E-state index in [1.165, 1.54) is 0 Å². The molecule has 0 aliphatic heterocycles. The number of nitrogens with one attached hydrogen (secondary N) is 1. The molecule has 24 heavy (non-hydrogen) atoms. The average molecular weight is 406 g/mol. The lowest BCUT2D eigenvalue weighted by Crippen LogP contribution is -2.23. The molecule has 0 bridgehead atoms. The molecule has 1 N–H and O–H groups in total. The van der Waals surface area contributed by atoms with Crippen LogP contribution in [0.2, 0.25) is 5.02 Å². The Balaban J connectivity index is 1.73. The highest BCUT2D eigenvalue weighted by atomic mass is 79.9. The third-order valence-corrected chi connectivity index (χ3v) is 4.33. The molecule has 1 amide bonds. The average Bonchev–Trinajstić information content (AvgIpc) is 2.96. The van der Waals surface area contributed by atoms with Crippen molar-refractivity contribution in [3.63, 3.8) is 0 Å². The van der Waals surface area contributed by atoms with Crippen LogP contribution >= 0.6 is 27.5 Å². The van der Waals surface area contributed by atoms with E-state index in [4.69, 9.17) is 11.6 Å². The quantitative estimate of drug-likeness (QED) is 0.717. The zero-order valence-corrected chi connectivity index (χ0v) is 15.2. The highest BCUT2D eigenvalue weighted by Crippen LogP contribution is 2.21. The van der Waals surface area contributed by atoms with Crippen LogP contribution in [0, 0.1) is 0 Å². The fourth-order valence-electron chi connectivity index (χ4n) is 2.34. The van der Waals surface area contributed by atoms with Gasteiger partial charge in [-0.05, 0) is 36.4 Å². The van der Waals surface area contributed by atoms with E-state index in [0.29, 0.717) is 17.1 Å². The Labute approximate surface area is 152 Å². The molecule has 0 atom stereocenters. The maximum absolute atomic E-state index is 12.3. The molecule has 0 spiro atoms. The number of aromatic nitrogens is 3. The predicted molar refractivity (Wildman–Crippen MR) is 96.8 cm³/mol. The Morgan fingerprint density at radius 3 is 2.75 bits per heavy atom. The van der Waals surface area contributed by atoms with Gasteiger partial charge in [0.05, 0.1) is 28.5 Å². The number of amides is 1. The minimum absolute atomic E-state index is 0.239. The molecule has 0 saturated carbocycles. The van der Waals surface area contributed by atoms with Crippen molar-refractivity contribution in [1.29, 1.82) is 0 Å². The molecule has 0 saturated heterocycles. The van der Waals surface area contributed by atoms with E-state index in [9.17, 15) is 4.79 Å². The molecular formula is C17H14BrClN4O. The molecule has 7 heteroatoms. The lowest BCUT2D eigenvalue weighted by Gasteiger charge is -2.05. The van der Waals surface area contributed by atoms with Gasteiger partial charge in [0.1, 0.15) is 0 Å². The van der Waals surface area contributed by atoms with E-state index in [1.54, 1.807) is 35.3 Å². The van der Waals surface area contributed by atoms with Gasteiger partial charge >= 0.3 is 0 Å². The fraction of sp³-hybridized carbons (Fsp3) is 0.118. The molecule has 3 rings (SSSR count). The summed E-state index contributed by atoms with van der Waals surface area (Å²) in [4.78, 5) is 16.3. The van der Waals surface area contributed by atoms with Gasteiger partial charge in [0.2, 0.25) is 0 Å². The monoisotopic (exact) mass is 404 g/mol. The number of benzene rings is 1. The molecule has 2 aromatic heterocycles. The van der Waals surface area contributed by atoms with Gasteiger partial charge in [-0.1, -0.05) is 27.5 Å². The number of hydrogen-bond donors (Lipinski definition) is 1. The second-order valence-corrected chi connectivity index (χ2v) is 6.51. The molecule has 1 aromatic carbocycles. The molecule has 0 aliphatic carbocycles. The summed E-state index contributed by atoms with van der Waals surface area (Å²) in [5.74, 6) is -0.239. The van der Waals surface area contributed by atoms with Crippen molar-refractivity contribution < 1.29 is 4.79 Å². The standard InChI is InChI=1S/C17H14BrClN4O/c1-23-16(11-4-6-20-7-5-11)9-13(22-23)10-21-17(24)14-8-12(18)2-3-15(14)19/h2-9H,10H2,1H3,(H,21,24). The summed E-state index contributed by atoms with van der Waals surface area (Å²) in [6, 6.07) is 10.9. The fourth-order valence-corrected chi connectivity index (χ4v) is 2.91. The van der Waals surface area contributed by atoms with Crippen molar-refractivity contribution in [2.24, 2.45) is 7.05 Å². The largest absolute Gasteiger partial charge is 0.346 e. The zero-order valence-electron chi connectivity index (χ0n) is 12.8. The van der Waals surface area contributed by atoms with Crippen LogP contribution < -0.4 is 5.32 Å². The van der Waals surface area contributed by atoms with E-state index >= 15 is 0 Å². The van der Waals surface area contributed by atoms with Gasteiger partial charge in [-0.2, -0.15) is 5.10 Å². The Morgan fingerprint density at radius 2 is 2.00 bits per heavy atom.